The number of aryl methyl sites for hydroxylation is 1. The number of aromatic nitrogens is 1. The average Bonchev–Trinajstić information content (AvgIpc) is 2.08. The van der Waals surface area contributed by atoms with Crippen molar-refractivity contribution in [1.82, 2.24) is 4.98 Å². The highest BCUT2D eigenvalue weighted by molar-refractivity contribution is 9.10. The van der Waals surface area contributed by atoms with Crippen LogP contribution in [0.4, 0.5) is 0 Å². The van der Waals surface area contributed by atoms with Crippen LogP contribution in [-0.4, -0.2) is 10.1 Å². The van der Waals surface area contributed by atoms with Crippen molar-refractivity contribution < 1.29 is 5.11 Å². The monoisotopic (exact) mass is 231 g/mol. The fraction of sp³-hybridized carbons (Fsp3) is 0.444. The van der Waals surface area contributed by atoms with E-state index in [1.54, 1.807) is 6.20 Å². The van der Waals surface area contributed by atoms with Gasteiger partial charge in [-0.1, -0.05) is 13.8 Å². The van der Waals surface area contributed by atoms with E-state index in [0.29, 0.717) is 0 Å². The molecule has 2 nitrogen and oxygen atoms in total. The predicted octanol–water partition coefficient (Wildman–Crippen LogP) is 2.67. The summed E-state index contributed by atoms with van der Waals surface area (Å²) in [5.41, 5.74) is 1.94. The van der Waals surface area contributed by atoms with Crippen LogP contribution in [0.25, 0.3) is 0 Å². The Morgan fingerprint density at radius 1 is 1.50 bits per heavy atom. The van der Waals surface area contributed by atoms with Crippen LogP contribution in [0.3, 0.4) is 0 Å². The lowest BCUT2D eigenvalue weighted by molar-refractivity contribution is 0.280. The second-order valence-corrected chi connectivity index (χ2v) is 2.90. The molecule has 0 atom stereocenters. The van der Waals surface area contributed by atoms with Gasteiger partial charge in [0.1, 0.15) is 4.60 Å². The molecule has 0 bridgehead atoms. The molecule has 1 rings (SSSR count). The number of hydrogen-bond donors (Lipinski definition) is 1. The van der Waals surface area contributed by atoms with Gasteiger partial charge in [0, 0.05) is 6.20 Å². The van der Waals surface area contributed by atoms with E-state index >= 15 is 0 Å². The smallest absolute Gasteiger partial charge is 0.106 e. The van der Waals surface area contributed by atoms with Gasteiger partial charge in [-0.15, -0.1) is 0 Å². The lowest BCUT2D eigenvalue weighted by atomic mass is 10.2. The third kappa shape index (κ3) is 3.32. The van der Waals surface area contributed by atoms with E-state index in [1.807, 2.05) is 26.8 Å². The van der Waals surface area contributed by atoms with E-state index < -0.39 is 0 Å². The summed E-state index contributed by atoms with van der Waals surface area (Å²) in [5, 5.41) is 8.75. The third-order valence-corrected chi connectivity index (χ3v) is 1.79. The number of aliphatic hydroxyl groups is 1. The lowest BCUT2D eigenvalue weighted by Crippen LogP contribution is -1.89. The standard InChI is InChI=1S/C7H8BrNO.C2H6/c1-5-2-7(8)9-3-6(5)4-10;1-2/h2-3,10H,4H2,1H3;1-2H3. The highest BCUT2D eigenvalue weighted by atomic mass is 79.9. The molecule has 1 heterocycles. The van der Waals surface area contributed by atoms with Gasteiger partial charge >= 0.3 is 0 Å². The van der Waals surface area contributed by atoms with E-state index in [9.17, 15) is 0 Å². The van der Waals surface area contributed by atoms with E-state index in [-0.39, 0.29) is 6.61 Å². The summed E-state index contributed by atoms with van der Waals surface area (Å²) < 4.78 is 0.808. The Labute approximate surface area is 81.8 Å². The van der Waals surface area contributed by atoms with Gasteiger partial charge in [0.05, 0.1) is 6.61 Å². The van der Waals surface area contributed by atoms with Crippen LogP contribution in [0.15, 0.2) is 16.9 Å². The molecule has 12 heavy (non-hydrogen) atoms. The van der Waals surface area contributed by atoms with E-state index in [0.717, 1.165) is 15.7 Å². The van der Waals surface area contributed by atoms with Gasteiger partial charge in [-0.2, -0.15) is 0 Å². The molecular formula is C9H14BrNO. The molecule has 1 aromatic rings. The van der Waals surface area contributed by atoms with Crippen LogP contribution in [0, 0.1) is 6.92 Å². The van der Waals surface area contributed by atoms with Crippen molar-refractivity contribution >= 4 is 15.9 Å². The number of rotatable bonds is 1. The minimum atomic E-state index is 0.0616. The summed E-state index contributed by atoms with van der Waals surface area (Å²) in [6.45, 7) is 6.00. The molecule has 0 aliphatic heterocycles. The first-order valence-corrected chi connectivity index (χ1v) is 4.75. The molecule has 0 aromatic carbocycles. The normalized spacial score (nSPS) is 8.75. The number of hydrogen-bond acceptors (Lipinski definition) is 2. The lowest BCUT2D eigenvalue weighted by Gasteiger charge is -1.99. The fourth-order valence-electron chi connectivity index (χ4n) is 0.716. The molecule has 0 amide bonds. The predicted molar refractivity (Wildman–Crippen MR) is 53.9 cm³/mol. The van der Waals surface area contributed by atoms with Crippen LogP contribution in [0.1, 0.15) is 25.0 Å². The van der Waals surface area contributed by atoms with E-state index in [2.05, 4.69) is 20.9 Å². The largest absolute Gasteiger partial charge is 0.392 e. The van der Waals surface area contributed by atoms with Crippen molar-refractivity contribution in [3.05, 3.63) is 28.0 Å². The SMILES string of the molecule is CC.Cc1cc(Br)ncc1CO. The third-order valence-electron chi connectivity index (χ3n) is 1.36. The van der Waals surface area contributed by atoms with Gasteiger partial charge in [-0.3, -0.25) is 0 Å². The average molecular weight is 232 g/mol. The highest BCUT2D eigenvalue weighted by Gasteiger charge is 1.96. The summed E-state index contributed by atoms with van der Waals surface area (Å²) in [4.78, 5) is 3.97. The minimum Gasteiger partial charge on any atom is -0.392 e. The molecule has 0 saturated heterocycles. The number of pyridine rings is 1. The second-order valence-electron chi connectivity index (χ2n) is 2.09. The maximum atomic E-state index is 8.75. The maximum absolute atomic E-state index is 8.75. The molecule has 0 saturated carbocycles. The zero-order chi connectivity index (χ0) is 9.56. The highest BCUT2D eigenvalue weighted by Crippen LogP contribution is 2.11. The van der Waals surface area contributed by atoms with Gasteiger partial charge in [-0.05, 0) is 40.0 Å². The maximum Gasteiger partial charge on any atom is 0.106 e. The Hall–Kier alpha value is -0.410. The van der Waals surface area contributed by atoms with Crippen LogP contribution in [-0.2, 0) is 6.61 Å². The Morgan fingerprint density at radius 3 is 2.50 bits per heavy atom. The first kappa shape index (κ1) is 11.6. The molecular weight excluding hydrogens is 218 g/mol. The molecule has 1 N–H and O–H groups in total. The molecule has 0 radical (unpaired) electrons. The molecule has 0 spiro atoms. The summed E-state index contributed by atoms with van der Waals surface area (Å²) in [7, 11) is 0. The van der Waals surface area contributed by atoms with Crippen LogP contribution in [0.5, 0.6) is 0 Å². The van der Waals surface area contributed by atoms with E-state index in [1.165, 1.54) is 0 Å². The number of halogens is 1. The van der Waals surface area contributed by atoms with Crippen molar-refractivity contribution in [3.63, 3.8) is 0 Å². The first-order valence-electron chi connectivity index (χ1n) is 3.96. The minimum absolute atomic E-state index is 0.0616. The summed E-state index contributed by atoms with van der Waals surface area (Å²) in [6.07, 6.45) is 1.67. The molecule has 0 aliphatic rings. The van der Waals surface area contributed by atoms with Crippen molar-refractivity contribution in [2.75, 3.05) is 0 Å². The molecule has 0 unspecified atom stereocenters. The van der Waals surface area contributed by atoms with Gasteiger partial charge in [0.2, 0.25) is 0 Å². The van der Waals surface area contributed by atoms with Crippen LogP contribution >= 0.6 is 15.9 Å². The Morgan fingerprint density at radius 2 is 2.08 bits per heavy atom. The molecule has 68 valence electrons. The molecule has 0 aliphatic carbocycles. The molecule has 0 fully saturated rings. The topological polar surface area (TPSA) is 33.1 Å². The van der Waals surface area contributed by atoms with Gasteiger partial charge in [0.25, 0.3) is 0 Å². The van der Waals surface area contributed by atoms with E-state index in [4.69, 9.17) is 5.11 Å². The van der Waals surface area contributed by atoms with Crippen molar-refractivity contribution in [1.29, 1.82) is 0 Å². The Kier molecular flexibility index (Phi) is 5.93. The summed E-state index contributed by atoms with van der Waals surface area (Å²) in [6, 6.07) is 1.88. The fourth-order valence-corrected chi connectivity index (χ4v) is 1.16. The van der Waals surface area contributed by atoms with Gasteiger partial charge in [0.15, 0.2) is 0 Å². The van der Waals surface area contributed by atoms with Gasteiger partial charge in [-0.25, -0.2) is 4.98 Å². The quantitative estimate of drug-likeness (QED) is 0.755. The number of nitrogens with zero attached hydrogens (tertiary/aromatic N) is 1. The van der Waals surface area contributed by atoms with Crippen molar-refractivity contribution in [3.8, 4) is 0 Å². The van der Waals surface area contributed by atoms with Crippen LogP contribution < -0.4 is 0 Å². The van der Waals surface area contributed by atoms with Gasteiger partial charge < -0.3 is 5.11 Å². The van der Waals surface area contributed by atoms with Crippen LogP contribution in [0.2, 0.25) is 0 Å². The molecule has 3 heteroatoms. The number of aliphatic hydroxyl groups excluding tert-OH is 1. The van der Waals surface area contributed by atoms with Crippen molar-refractivity contribution in [2.24, 2.45) is 0 Å². The summed E-state index contributed by atoms with van der Waals surface area (Å²) in [5.74, 6) is 0. The summed E-state index contributed by atoms with van der Waals surface area (Å²) >= 11 is 3.23. The van der Waals surface area contributed by atoms with Crippen molar-refractivity contribution in [2.45, 2.75) is 27.4 Å². The Balaban J connectivity index is 0.000000561. The second kappa shape index (κ2) is 6.14. The zero-order valence-corrected chi connectivity index (χ0v) is 9.22. The first-order chi connectivity index (χ1) is 5.74. The Bertz CT molecular complexity index is 238. The zero-order valence-electron chi connectivity index (χ0n) is 7.63. The molecule has 1 aromatic heterocycles.